The molecule has 0 bridgehead atoms. The van der Waals surface area contributed by atoms with Gasteiger partial charge in [-0.15, -0.1) is 0 Å². The van der Waals surface area contributed by atoms with Crippen LogP contribution in [0.3, 0.4) is 0 Å². The normalized spacial score (nSPS) is 14.1. The predicted octanol–water partition coefficient (Wildman–Crippen LogP) is 2.60. The Morgan fingerprint density at radius 3 is 2.00 bits per heavy atom. The van der Waals surface area contributed by atoms with E-state index >= 15 is 0 Å². The van der Waals surface area contributed by atoms with E-state index in [2.05, 4.69) is 0 Å². The van der Waals surface area contributed by atoms with Crippen LogP contribution in [-0.4, -0.2) is 16.3 Å². The molecule has 0 aliphatic heterocycles. The zero-order valence-corrected chi connectivity index (χ0v) is 10.1. The molecule has 2 aromatic rings. The first-order valence-electron chi connectivity index (χ1n) is 5.93. The second-order valence-electron chi connectivity index (χ2n) is 4.33. The van der Waals surface area contributed by atoms with Crippen molar-refractivity contribution >= 4 is 0 Å². The van der Waals surface area contributed by atoms with E-state index in [0.29, 0.717) is 5.56 Å². The third-order valence-corrected chi connectivity index (χ3v) is 2.98. The second-order valence-corrected chi connectivity index (χ2v) is 4.33. The summed E-state index contributed by atoms with van der Waals surface area (Å²) in [6.07, 6.45) is -2.73. The van der Waals surface area contributed by atoms with Gasteiger partial charge < -0.3 is 10.2 Å². The molecule has 19 heavy (non-hydrogen) atoms. The molecule has 2 rings (SSSR count). The summed E-state index contributed by atoms with van der Waals surface area (Å²) in [5.41, 5.74) is 0.289. The summed E-state index contributed by atoms with van der Waals surface area (Å²) in [5.74, 6) is -1.45. The Balaban J connectivity index is 2.15. The molecule has 0 aliphatic carbocycles. The average Bonchev–Trinajstić information content (AvgIpc) is 2.43. The molecular weight excluding hydrogens is 250 g/mol. The van der Waals surface area contributed by atoms with Crippen molar-refractivity contribution in [2.24, 2.45) is 0 Å². The second kappa shape index (κ2) is 5.91. The standard InChI is InChI=1S/C15H14F2O2/c16-12-7-4-8-13(17)11(12)9-14(18)15(19)10-5-2-1-3-6-10/h1-8,14-15,18-19H,9H2. The number of halogens is 2. The fourth-order valence-electron chi connectivity index (χ4n) is 1.92. The molecule has 2 nitrogen and oxygen atoms in total. The predicted molar refractivity (Wildman–Crippen MR) is 67.5 cm³/mol. The number of aliphatic hydroxyl groups excluding tert-OH is 2. The highest BCUT2D eigenvalue weighted by Crippen LogP contribution is 2.22. The van der Waals surface area contributed by atoms with Crippen molar-refractivity contribution in [1.29, 1.82) is 0 Å². The smallest absolute Gasteiger partial charge is 0.129 e. The molecule has 2 unspecified atom stereocenters. The maximum Gasteiger partial charge on any atom is 0.129 e. The molecule has 0 heterocycles. The van der Waals surface area contributed by atoms with E-state index in [1.807, 2.05) is 0 Å². The third-order valence-electron chi connectivity index (χ3n) is 2.98. The molecule has 0 fully saturated rings. The van der Waals surface area contributed by atoms with Gasteiger partial charge in [0.25, 0.3) is 0 Å². The van der Waals surface area contributed by atoms with E-state index in [-0.39, 0.29) is 12.0 Å². The lowest BCUT2D eigenvalue weighted by atomic mass is 9.98. The van der Waals surface area contributed by atoms with Crippen molar-refractivity contribution in [3.8, 4) is 0 Å². The van der Waals surface area contributed by atoms with Crippen molar-refractivity contribution in [1.82, 2.24) is 0 Å². The molecule has 0 saturated heterocycles. The molecule has 4 heteroatoms. The Morgan fingerprint density at radius 2 is 1.42 bits per heavy atom. The number of hydrogen-bond donors (Lipinski definition) is 2. The monoisotopic (exact) mass is 264 g/mol. The van der Waals surface area contributed by atoms with E-state index in [1.165, 1.54) is 6.07 Å². The van der Waals surface area contributed by atoms with Crippen molar-refractivity contribution in [3.05, 3.63) is 71.3 Å². The van der Waals surface area contributed by atoms with E-state index in [0.717, 1.165) is 12.1 Å². The van der Waals surface area contributed by atoms with Crippen LogP contribution in [0.2, 0.25) is 0 Å². The summed E-state index contributed by atoms with van der Waals surface area (Å²) in [6, 6.07) is 12.0. The molecule has 0 amide bonds. The van der Waals surface area contributed by atoms with Gasteiger partial charge in [0.1, 0.15) is 17.7 Å². The van der Waals surface area contributed by atoms with Gasteiger partial charge in [0.15, 0.2) is 0 Å². The lowest BCUT2D eigenvalue weighted by Crippen LogP contribution is -2.22. The minimum atomic E-state index is -1.27. The Labute approximate surface area is 110 Å². The molecule has 2 atom stereocenters. The van der Waals surface area contributed by atoms with Crippen molar-refractivity contribution in [2.45, 2.75) is 18.6 Å². The van der Waals surface area contributed by atoms with Crippen LogP contribution < -0.4 is 0 Å². The molecule has 2 aromatic carbocycles. The van der Waals surface area contributed by atoms with Crippen molar-refractivity contribution in [3.63, 3.8) is 0 Å². The minimum absolute atomic E-state index is 0.218. The molecule has 0 saturated carbocycles. The van der Waals surface area contributed by atoms with Crippen LogP contribution in [0.15, 0.2) is 48.5 Å². The highest BCUT2D eigenvalue weighted by atomic mass is 19.1. The summed E-state index contributed by atoms with van der Waals surface area (Å²) in [5, 5.41) is 19.8. The average molecular weight is 264 g/mol. The Bertz CT molecular complexity index is 523. The van der Waals surface area contributed by atoms with Gasteiger partial charge in [0, 0.05) is 12.0 Å². The summed E-state index contributed by atoms with van der Waals surface area (Å²) in [6.45, 7) is 0. The van der Waals surface area contributed by atoms with Crippen molar-refractivity contribution < 1.29 is 19.0 Å². The van der Waals surface area contributed by atoms with E-state index < -0.39 is 23.8 Å². The molecule has 0 radical (unpaired) electrons. The Hall–Kier alpha value is -1.78. The molecule has 0 aromatic heterocycles. The largest absolute Gasteiger partial charge is 0.390 e. The van der Waals surface area contributed by atoms with Gasteiger partial charge >= 0.3 is 0 Å². The summed E-state index contributed by atoms with van der Waals surface area (Å²) < 4.78 is 26.9. The fraction of sp³-hybridized carbons (Fsp3) is 0.200. The Kier molecular flexibility index (Phi) is 4.24. The van der Waals surface area contributed by atoms with Crippen LogP contribution >= 0.6 is 0 Å². The van der Waals surface area contributed by atoms with Crippen LogP contribution in [0.1, 0.15) is 17.2 Å². The Morgan fingerprint density at radius 1 is 0.842 bits per heavy atom. The van der Waals surface area contributed by atoms with E-state index in [1.54, 1.807) is 30.3 Å². The first-order valence-corrected chi connectivity index (χ1v) is 5.93. The van der Waals surface area contributed by atoms with Gasteiger partial charge in [-0.1, -0.05) is 36.4 Å². The third kappa shape index (κ3) is 3.16. The molecular formula is C15H14F2O2. The topological polar surface area (TPSA) is 40.5 Å². The van der Waals surface area contributed by atoms with Gasteiger partial charge in [-0.05, 0) is 17.7 Å². The fourth-order valence-corrected chi connectivity index (χ4v) is 1.92. The van der Waals surface area contributed by atoms with E-state index in [4.69, 9.17) is 0 Å². The molecule has 2 N–H and O–H groups in total. The molecule has 0 spiro atoms. The first kappa shape index (κ1) is 13.6. The summed E-state index contributed by atoms with van der Waals surface area (Å²) >= 11 is 0. The van der Waals surface area contributed by atoms with Crippen LogP contribution in [0, 0.1) is 11.6 Å². The maximum atomic E-state index is 13.4. The quantitative estimate of drug-likeness (QED) is 0.891. The maximum absolute atomic E-state index is 13.4. The van der Waals surface area contributed by atoms with Gasteiger partial charge in [-0.2, -0.15) is 0 Å². The number of rotatable bonds is 4. The number of benzene rings is 2. The number of hydrogen-bond acceptors (Lipinski definition) is 2. The van der Waals surface area contributed by atoms with Crippen LogP contribution in [-0.2, 0) is 6.42 Å². The molecule has 0 aliphatic rings. The van der Waals surface area contributed by atoms with Crippen LogP contribution in [0.5, 0.6) is 0 Å². The first-order chi connectivity index (χ1) is 9.09. The van der Waals surface area contributed by atoms with Crippen molar-refractivity contribution in [2.75, 3.05) is 0 Å². The number of aliphatic hydroxyl groups is 2. The van der Waals surface area contributed by atoms with Gasteiger partial charge in [-0.25, -0.2) is 8.78 Å². The van der Waals surface area contributed by atoms with Crippen LogP contribution in [0.4, 0.5) is 8.78 Å². The van der Waals surface area contributed by atoms with Gasteiger partial charge in [-0.3, -0.25) is 0 Å². The summed E-state index contributed by atoms with van der Waals surface area (Å²) in [7, 11) is 0. The SMILES string of the molecule is OC(Cc1c(F)cccc1F)C(O)c1ccccc1. The lowest BCUT2D eigenvalue weighted by Gasteiger charge is -2.18. The lowest BCUT2D eigenvalue weighted by molar-refractivity contribution is 0.0180. The van der Waals surface area contributed by atoms with Gasteiger partial charge in [0.2, 0.25) is 0 Å². The zero-order chi connectivity index (χ0) is 13.8. The zero-order valence-electron chi connectivity index (χ0n) is 10.1. The highest BCUT2D eigenvalue weighted by Gasteiger charge is 2.21. The van der Waals surface area contributed by atoms with E-state index in [9.17, 15) is 19.0 Å². The summed E-state index contributed by atoms with van der Waals surface area (Å²) in [4.78, 5) is 0. The molecule has 100 valence electrons. The highest BCUT2D eigenvalue weighted by molar-refractivity contribution is 5.23. The minimum Gasteiger partial charge on any atom is -0.390 e. The van der Waals surface area contributed by atoms with Gasteiger partial charge in [0.05, 0.1) is 6.10 Å². The van der Waals surface area contributed by atoms with Crippen LogP contribution in [0.25, 0.3) is 0 Å².